The van der Waals surface area contributed by atoms with Gasteiger partial charge in [0.15, 0.2) is 9.84 Å². The van der Waals surface area contributed by atoms with Crippen molar-refractivity contribution in [2.24, 2.45) is 0 Å². The van der Waals surface area contributed by atoms with Gasteiger partial charge < -0.3 is 0 Å². The van der Waals surface area contributed by atoms with Crippen molar-refractivity contribution in [1.82, 2.24) is 4.90 Å². The highest BCUT2D eigenvalue weighted by atomic mass is 32.2. The molecule has 1 aliphatic rings. The van der Waals surface area contributed by atoms with Crippen molar-refractivity contribution in [2.75, 3.05) is 6.26 Å². The number of hydrogen-bond donors (Lipinski definition) is 0. The largest absolute Gasteiger partial charge is 0.291 e. The number of nitrogens with zero attached hydrogens (tertiary/aromatic N) is 1. The van der Waals surface area contributed by atoms with Crippen LogP contribution in [0.15, 0.2) is 77.7 Å². The van der Waals surface area contributed by atoms with Crippen LogP contribution in [0, 0.1) is 0 Å². The van der Waals surface area contributed by atoms with Crippen molar-refractivity contribution in [1.29, 1.82) is 0 Å². The van der Waals surface area contributed by atoms with Gasteiger partial charge in [-0.3, -0.25) is 4.90 Å². The van der Waals surface area contributed by atoms with Gasteiger partial charge in [-0.25, -0.2) is 8.42 Å². The first-order valence-corrected chi connectivity index (χ1v) is 10.6. The van der Waals surface area contributed by atoms with E-state index in [1.807, 2.05) is 12.1 Å². The molecule has 0 fully saturated rings. The van der Waals surface area contributed by atoms with Crippen LogP contribution in [0.5, 0.6) is 0 Å². The maximum atomic E-state index is 11.6. The van der Waals surface area contributed by atoms with E-state index in [0.29, 0.717) is 4.90 Å². The van der Waals surface area contributed by atoms with Crippen LogP contribution in [-0.2, 0) is 29.5 Å². The summed E-state index contributed by atoms with van der Waals surface area (Å²) in [6.07, 6.45) is 1.23. The van der Waals surface area contributed by atoms with E-state index in [1.54, 1.807) is 12.1 Å². The Bertz CT molecular complexity index is 997. The molecule has 0 unspecified atom stereocenters. The molecule has 0 saturated heterocycles. The van der Waals surface area contributed by atoms with Crippen LogP contribution in [0.4, 0.5) is 0 Å². The molecular weight excluding hydrogens is 342 g/mol. The third kappa shape index (κ3) is 3.57. The Hall–Kier alpha value is -2.43. The Morgan fingerprint density at radius 2 is 1.27 bits per heavy atom. The predicted molar refractivity (Wildman–Crippen MR) is 104 cm³/mol. The number of fused-ring (bicyclic) bond motifs is 1. The zero-order valence-electron chi connectivity index (χ0n) is 14.7. The highest BCUT2D eigenvalue weighted by molar-refractivity contribution is 7.90. The molecule has 0 amide bonds. The molecule has 0 saturated carbocycles. The van der Waals surface area contributed by atoms with E-state index in [-0.39, 0.29) is 0 Å². The summed E-state index contributed by atoms with van der Waals surface area (Å²) in [5, 5.41) is 0. The van der Waals surface area contributed by atoms with Crippen LogP contribution in [0.2, 0.25) is 0 Å². The third-order valence-electron chi connectivity index (χ3n) is 4.88. The van der Waals surface area contributed by atoms with E-state index in [1.165, 1.54) is 22.9 Å². The summed E-state index contributed by atoms with van der Waals surface area (Å²) < 4.78 is 23.1. The molecule has 1 aliphatic heterocycles. The molecule has 3 aromatic rings. The predicted octanol–water partition coefficient (Wildman–Crippen LogP) is 4.27. The lowest BCUT2D eigenvalue weighted by Gasteiger charge is -2.15. The standard InChI is InChI=1S/C22H21NO2S/c1-26(24,25)22-12-10-19(11-13-22)18-8-6-17(7-9-18)14-23-15-20-4-2-3-5-21(20)16-23/h2-13H,14-16H2,1H3. The van der Waals surface area contributed by atoms with Crippen LogP contribution in [-0.4, -0.2) is 19.6 Å². The SMILES string of the molecule is CS(=O)(=O)c1ccc(-c2ccc(CN3Cc4ccccc4C3)cc2)cc1. The average Bonchev–Trinajstić information content (AvgIpc) is 3.04. The summed E-state index contributed by atoms with van der Waals surface area (Å²) in [7, 11) is -3.15. The Morgan fingerprint density at radius 1 is 0.769 bits per heavy atom. The highest BCUT2D eigenvalue weighted by Crippen LogP contribution is 2.26. The molecule has 3 aromatic carbocycles. The van der Waals surface area contributed by atoms with E-state index < -0.39 is 9.84 Å². The minimum atomic E-state index is -3.15. The second-order valence-electron chi connectivity index (χ2n) is 6.91. The summed E-state index contributed by atoms with van der Waals surface area (Å²) in [6, 6.07) is 24.2. The molecule has 3 nitrogen and oxygen atoms in total. The number of benzene rings is 3. The van der Waals surface area contributed by atoms with E-state index in [4.69, 9.17) is 0 Å². The van der Waals surface area contributed by atoms with Crippen LogP contribution in [0.25, 0.3) is 11.1 Å². The van der Waals surface area contributed by atoms with Gasteiger partial charge in [-0.1, -0.05) is 60.7 Å². The van der Waals surface area contributed by atoms with Gasteiger partial charge in [0.25, 0.3) is 0 Å². The fraction of sp³-hybridized carbons (Fsp3) is 0.182. The van der Waals surface area contributed by atoms with Gasteiger partial charge in [-0.05, 0) is 39.9 Å². The van der Waals surface area contributed by atoms with Gasteiger partial charge in [0.2, 0.25) is 0 Å². The fourth-order valence-electron chi connectivity index (χ4n) is 3.47. The van der Waals surface area contributed by atoms with E-state index in [9.17, 15) is 8.42 Å². The molecule has 4 rings (SSSR count). The van der Waals surface area contributed by atoms with Gasteiger partial charge in [-0.15, -0.1) is 0 Å². The van der Waals surface area contributed by atoms with Crippen molar-refractivity contribution >= 4 is 9.84 Å². The van der Waals surface area contributed by atoms with Crippen LogP contribution in [0.3, 0.4) is 0 Å². The van der Waals surface area contributed by atoms with E-state index in [2.05, 4.69) is 53.4 Å². The molecule has 26 heavy (non-hydrogen) atoms. The highest BCUT2D eigenvalue weighted by Gasteiger charge is 2.18. The Kier molecular flexibility index (Phi) is 4.39. The van der Waals surface area contributed by atoms with Gasteiger partial charge in [0, 0.05) is 25.9 Å². The zero-order valence-corrected chi connectivity index (χ0v) is 15.5. The van der Waals surface area contributed by atoms with Crippen molar-refractivity contribution in [3.63, 3.8) is 0 Å². The number of sulfone groups is 1. The summed E-state index contributed by atoms with van der Waals surface area (Å²) in [5.41, 5.74) is 6.26. The van der Waals surface area contributed by atoms with Crippen LogP contribution in [0.1, 0.15) is 16.7 Å². The van der Waals surface area contributed by atoms with Crippen LogP contribution >= 0.6 is 0 Å². The summed E-state index contributed by atoms with van der Waals surface area (Å²) in [6.45, 7) is 2.94. The molecule has 0 bridgehead atoms. The van der Waals surface area contributed by atoms with E-state index >= 15 is 0 Å². The topological polar surface area (TPSA) is 37.4 Å². The van der Waals surface area contributed by atoms with Gasteiger partial charge in [0.1, 0.15) is 0 Å². The lowest BCUT2D eigenvalue weighted by Crippen LogP contribution is -2.15. The lowest BCUT2D eigenvalue weighted by molar-refractivity contribution is 0.275. The molecule has 0 aromatic heterocycles. The molecule has 0 N–H and O–H groups in total. The zero-order chi connectivity index (χ0) is 18.1. The maximum Gasteiger partial charge on any atom is 0.175 e. The second-order valence-corrected chi connectivity index (χ2v) is 8.92. The Morgan fingerprint density at radius 3 is 1.77 bits per heavy atom. The quantitative estimate of drug-likeness (QED) is 0.695. The van der Waals surface area contributed by atoms with E-state index in [0.717, 1.165) is 30.8 Å². The molecule has 4 heteroatoms. The van der Waals surface area contributed by atoms with Crippen molar-refractivity contribution in [3.05, 3.63) is 89.5 Å². The normalized spacial score (nSPS) is 14.3. The molecule has 1 heterocycles. The third-order valence-corrected chi connectivity index (χ3v) is 6.01. The molecule has 0 radical (unpaired) electrons. The van der Waals surface area contributed by atoms with Crippen LogP contribution < -0.4 is 0 Å². The minimum absolute atomic E-state index is 0.353. The minimum Gasteiger partial charge on any atom is -0.291 e. The summed E-state index contributed by atoms with van der Waals surface area (Å²) in [5.74, 6) is 0. The number of hydrogen-bond acceptors (Lipinski definition) is 3. The lowest BCUT2D eigenvalue weighted by atomic mass is 10.0. The first-order chi connectivity index (χ1) is 12.5. The molecular formula is C22H21NO2S. The smallest absolute Gasteiger partial charge is 0.175 e. The Balaban J connectivity index is 1.46. The molecule has 0 atom stereocenters. The summed E-state index contributed by atoms with van der Waals surface area (Å²) >= 11 is 0. The van der Waals surface area contributed by atoms with Crippen molar-refractivity contribution in [2.45, 2.75) is 24.5 Å². The Labute approximate surface area is 154 Å². The fourth-order valence-corrected chi connectivity index (χ4v) is 4.10. The number of rotatable bonds is 4. The van der Waals surface area contributed by atoms with Crippen molar-refractivity contribution < 1.29 is 8.42 Å². The molecule has 0 aliphatic carbocycles. The molecule has 0 spiro atoms. The maximum absolute atomic E-state index is 11.6. The second kappa shape index (κ2) is 6.71. The van der Waals surface area contributed by atoms with Crippen molar-refractivity contribution in [3.8, 4) is 11.1 Å². The van der Waals surface area contributed by atoms with Gasteiger partial charge in [-0.2, -0.15) is 0 Å². The first-order valence-electron chi connectivity index (χ1n) is 8.68. The van der Waals surface area contributed by atoms with Gasteiger partial charge in [0.05, 0.1) is 4.90 Å². The molecule has 132 valence electrons. The monoisotopic (exact) mass is 363 g/mol. The average molecular weight is 363 g/mol. The first kappa shape index (κ1) is 17.0. The van der Waals surface area contributed by atoms with Gasteiger partial charge >= 0.3 is 0 Å². The summed E-state index contributed by atoms with van der Waals surface area (Å²) in [4.78, 5) is 2.80.